The Morgan fingerprint density at radius 3 is 1.16 bits per heavy atom. The summed E-state index contributed by atoms with van der Waals surface area (Å²) in [7, 11) is 0. The molecule has 3 nitrogen and oxygen atoms in total. The summed E-state index contributed by atoms with van der Waals surface area (Å²) in [5, 5.41) is 0. The van der Waals surface area contributed by atoms with Gasteiger partial charge in [0.05, 0.1) is 0 Å². The SMILES string of the molecule is c1ccc(-c2nc(-c3ccccc3)nc(-c3ccc(-c4ccc(-c5cccc6c5-c5ccccc5C5CC78CC(CC9%10CC(CCC6(C5)C97)c5ccccc5-c5ccccc5%10)c5ccccc5-c5ccccc58)cc4)cc3)n2)cc1. The summed E-state index contributed by atoms with van der Waals surface area (Å²) in [4.78, 5) is 15.0. The molecule has 7 atom stereocenters. The first-order valence-electron chi connectivity index (χ1n) is 29.2. The second-order valence-electron chi connectivity index (χ2n) is 24.3. The van der Waals surface area contributed by atoms with Crippen LogP contribution in [0.1, 0.15) is 96.1 Å². The number of benzene rings is 10. The van der Waals surface area contributed by atoms with E-state index in [9.17, 15) is 0 Å². The van der Waals surface area contributed by atoms with Gasteiger partial charge in [-0.15, -0.1) is 0 Å². The quantitative estimate of drug-likeness (QED) is 0.172. The molecule has 382 valence electrons. The lowest BCUT2D eigenvalue weighted by molar-refractivity contribution is -0.0410. The fourth-order valence-electron chi connectivity index (χ4n) is 18.0. The van der Waals surface area contributed by atoms with E-state index >= 15 is 0 Å². The van der Waals surface area contributed by atoms with Crippen LogP contribution in [0.5, 0.6) is 0 Å². The van der Waals surface area contributed by atoms with Crippen LogP contribution in [0.25, 0.3) is 89.8 Å². The van der Waals surface area contributed by atoms with Crippen LogP contribution in [0.2, 0.25) is 0 Å². The predicted octanol–water partition coefficient (Wildman–Crippen LogP) is 19.0. The van der Waals surface area contributed by atoms with Crippen LogP contribution < -0.4 is 0 Å². The van der Waals surface area contributed by atoms with Crippen LogP contribution in [0.3, 0.4) is 0 Å². The molecule has 0 aliphatic heterocycles. The molecule has 0 N–H and O–H groups in total. The van der Waals surface area contributed by atoms with Crippen LogP contribution in [-0.2, 0) is 16.2 Å². The van der Waals surface area contributed by atoms with Crippen molar-refractivity contribution >= 4 is 0 Å². The van der Waals surface area contributed by atoms with Gasteiger partial charge < -0.3 is 0 Å². The van der Waals surface area contributed by atoms with Gasteiger partial charge in [-0.1, -0.05) is 249 Å². The average molecular weight is 1030 g/mol. The Kier molecular flexibility index (Phi) is 10.2. The summed E-state index contributed by atoms with van der Waals surface area (Å²) in [5.74, 6) is 3.64. The lowest BCUT2D eigenvalue weighted by Gasteiger charge is -2.67. The van der Waals surface area contributed by atoms with Crippen molar-refractivity contribution in [3.63, 3.8) is 0 Å². The van der Waals surface area contributed by atoms with E-state index in [-0.39, 0.29) is 16.2 Å². The summed E-state index contributed by atoms with van der Waals surface area (Å²) in [6.07, 6.45) is 8.22. The molecular formula is C77H59N3. The lowest BCUT2D eigenvalue weighted by Crippen LogP contribution is -2.64. The largest absolute Gasteiger partial charge is 0.208 e. The highest BCUT2D eigenvalue weighted by Gasteiger charge is 2.71. The second kappa shape index (κ2) is 17.6. The molecule has 0 saturated heterocycles. The molecule has 3 fully saturated rings. The first-order chi connectivity index (χ1) is 39.6. The first-order valence-corrected chi connectivity index (χ1v) is 29.2. The molecule has 6 bridgehead atoms. The van der Waals surface area contributed by atoms with E-state index < -0.39 is 0 Å². The minimum absolute atomic E-state index is 0.0835. The van der Waals surface area contributed by atoms with Gasteiger partial charge in [-0.05, 0) is 158 Å². The Bertz CT molecular complexity index is 4200. The number of nitrogens with zero attached hydrogens (tertiary/aromatic N) is 3. The van der Waals surface area contributed by atoms with Gasteiger partial charge in [0.2, 0.25) is 0 Å². The van der Waals surface area contributed by atoms with Crippen LogP contribution in [-0.4, -0.2) is 15.0 Å². The molecule has 3 heteroatoms. The van der Waals surface area contributed by atoms with E-state index in [2.05, 4.69) is 212 Å². The van der Waals surface area contributed by atoms with Crippen molar-refractivity contribution in [3.8, 4) is 89.8 Å². The fraction of sp³-hybridized carbons (Fsp3) is 0.182. The molecule has 6 aliphatic carbocycles. The average Bonchev–Trinajstić information content (AvgIpc) is 2.13. The molecule has 10 aromatic carbocycles. The minimum Gasteiger partial charge on any atom is -0.208 e. The van der Waals surface area contributed by atoms with Crippen LogP contribution in [0.15, 0.2) is 249 Å². The highest BCUT2D eigenvalue weighted by Crippen LogP contribution is 2.78. The van der Waals surface area contributed by atoms with E-state index in [1.54, 1.807) is 27.8 Å². The van der Waals surface area contributed by atoms with Crippen LogP contribution >= 0.6 is 0 Å². The highest BCUT2D eigenvalue weighted by molar-refractivity contribution is 5.90. The van der Waals surface area contributed by atoms with Crippen molar-refractivity contribution in [2.75, 3.05) is 0 Å². The zero-order valence-corrected chi connectivity index (χ0v) is 44.8. The number of hydrogen-bond donors (Lipinski definition) is 0. The van der Waals surface area contributed by atoms with E-state index in [0.29, 0.717) is 41.1 Å². The van der Waals surface area contributed by atoms with Crippen LogP contribution in [0.4, 0.5) is 0 Å². The zero-order chi connectivity index (χ0) is 52.6. The topological polar surface area (TPSA) is 38.7 Å². The second-order valence-corrected chi connectivity index (χ2v) is 24.3. The minimum atomic E-state index is -0.111. The molecule has 6 aliphatic rings. The van der Waals surface area contributed by atoms with Crippen molar-refractivity contribution in [3.05, 3.63) is 282 Å². The zero-order valence-electron chi connectivity index (χ0n) is 44.8. The monoisotopic (exact) mass is 1030 g/mol. The van der Waals surface area contributed by atoms with Gasteiger partial charge in [0.15, 0.2) is 17.5 Å². The summed E-state index contributed by atoms with van der Waals surface area (Å²) in [6.45, 7) is 0. The molecule has 0 amide bonds. The van der Waals surface area contributed by atoms with Crippen molar-refractivity contribution in [1.82, 2.24) is 15.0 Å². The summed E-state index contributed by atoms with van der Waals surface area (Å²) in [6, 6.07) is 94.6. The number of aromatic nitrogens is 3. The maximum atomic E-state index is 5.03. The molecule has 11 aromatic rings. The Morgan fingerprint density at radius 2 is 0.625 bits per heavy atom. The van der Waals surface area contributed by atoms with Gasteiger partial charge in [0, 0.05) is 32.9 Å². The smallest absolute Gasteiger partial charge is 0.164 e. The molecule has 7 unspecified atom stereocenters. The number of hydrogen-bond acceptors (Lipinski definition) is 3. The molecule has 1 aromatic heterocycles. The third kappa shape index (κ3) is 6.70. The van der Waals surface area contributed by atoms with E-state index in [1.165, 1.54) is 94.2 Å². The predicted molar refractivity (Wildman–Crippen MR) is 325 cm³/mol. The lowest BCUT2D eigenvalue weighted by atomic mass is 9.36. The number of rotatable bonds is 5. The third-order valence-electron chi connectivity index (χ3n) is 20.6. The van der Waals surface area contributed by atoms with Crippen LogP contribution in [0, 0.1) is 5.92 Å². The van der Waals surface area contributed by atoms with Gasteiger partial charge in [-0.25, -0.2) is 15.0 Å². The Morgan fingerprint density at radius 1 is 0.263 bits per heavy atom. The standard InChI is InChI=1S/C77H59N3/c1-3-18-52(19-4-1)71-78-72(53-20-5-2-6-21-53)80-73(79-71)54-40-36-50(37-41-54)49-34-38-51(39-35-49)61-30-17-33-69-70(61)66-29-12-9-24-60(66)56-45-75(69)43-42-55-44-76(67-31-15-13-27-64(67)62-25-10-7-22-58(55)62)47-57-48-77(46-56,74(75)76)68-32-16-14-28-65(68)63-26-11-8-23-59(57)63/h1-41,55-57,74H,42-48H2. The Labute approximate surface area is 469 Å². The summed E-state index contributed by atoms with van der Waals surface area (Å²) < 4.78 is 0. The molecule has 0 radical (unpaired) electrons. The van der Waals surface area contributed by atoms with E-state index in [0.717, 1.165) is 28.7 Å². The molecule has 3 spiro atoms. The van der Waals surface area contributed by atoms with Crippen molar-refractivity contribution in [2.24, 2.45) is 5.92 Å². The molecule has 17 rings (SSSR count). The maximum Gasteiger partial charge on any atom is 0.164 e. The fourth-order valence-corrected chi connectivity index (χ4v) is 18.0. The number of fused-ring (bicyclic) bond motifs is 15. The molecule has 80 heavy (non-hydrogen) atoms. The van der Waals surface area contributed by atoms with Gasteiger partial charge in [0.1, 0.15) is 0 Å². The van der Waals surface area contributed by atoms with Gasteiger partial charge in [-0.2, -0.15) is 0 Å². The molecule has 1 heterocycles. The molecular weight excluding hydrogens is 967 g/mol. The van der Waals surface area contributed by atoms with E-state index in [1.807, 2.05) is 36.4 Å². The summed E-state index contributed by atoms with van der Waals surface area (Å²) >= 11 is 0. The Hall–Kier alpha value is -8.79. The normalized spacial score (nSPS) is 24.1. The van der Waals surface area contributed by atoms with Crippen molar-refractivity contribution < 1.29 is 0 Å². The Balaban J connectivity index is 0.834. The van der Waals surface area contributed by atoms with Crippen molar-refractivity contribution in [1.29, 1.82) is 0 Å². The van der Waals surface area contributed by atoms with E-state index in [4.69, 9.17) is 15.0 Å². The summed E-state index contributed by atoms with van der Waals surface area (Å²) in [5.41, 5.74) is 25.8. The van der Waals surface area contributed by atoms with Gasteiger partial charge in [0.25, 0.3) is 0 Å². The highest BCUT2D eigenvalue weighted by atomic mass is 15.0. The third-order valence-corrected chi connectivity index (χ3v) is 20.6. The molecule has 3 saturated carbocycles. The van der Waals surface area contributed by atoms with Gasteiger partial charge in [-0.3, -0.25) is 0 Å². The maximum absolute atomic E-state index is 5.03. The van der Waals surface area contributed by atoms with Crippen molar-refractivity contribution in [2.45, 2.75) is 78.9 Å². The first kappa shape index (κ1) is 46.2. The van der Waals surface area contributed by atoms with Gasteiger partial charge >= 0.3 is 0 Å².